The second kappa shape index (κ2) is 6.17. The van der Waals surface area contributed by atoms with E-state index in [1.165, 1.54) is 11.0 Å². The van der Waals surface area contributed by atoms with Gasteiger partial charge in [-0.2, -0.15) is 5.10 Å². The summed E-state index contributed by atoms with van der Waals surface area (Å²) in [6.07, 6.45) is 1.97. The van der Waals surface area contributed by atoms with Crippen molar-refractivity contribution < 1.29 is 14.7 Å². The number of carboxylic acid groups (broad SMARTS) is 1. The number of urea groups is 1. The maximum absolute atomic E-state index is 11.5. The Morgan fingerprint density at radius 2 is 2.16 bits per heavy atom. The van der Waals surface area contributed by atoms with E-state index in [1.54, 1.807) is 20.9 Å². The van der Waals surface area contributed by atoms with Gasteiger partial charge >= 0.3 is 12.0 Å². The quantitative estimate of drug-likeness (QED) is 0.679. The highest BCUT2D eigenvalue weighted by Gasteiger charge is 2.31. The zero-order valence-corrected chi connectivity index (χ0v) is 11.3. The van der Waals surface area contributed by atoms with E-state index < -0.39 is 17.4 Å². The van der Waals surface area contributed by atoms with Crippen LogP contribution in [0.3, 0.4) is 0 Å². The third kappa shape index (κ3) is 4.23. The number of amides is 2. The van der Waals surface area contributed by atoms with E-state index in [0.29, 0.717) is 12.2 Å². The van der Waals surface area contributed by atoms with E-state index in [1.807, 2.05) is 0 Å². The molecule has 0 aliphatic heterocycles. The molecular formula is C11H19N5O3. The molecular weight excluding hydrogens is 250 g/mol. The van der Waals surface area contributed by atoms with Crippen molar-refractivity contribution >= 4 is 12.0 Å². The third-order valence-electron chi connectivity index (χ3n) is 2.99. The molecule has 0 bridgehead atoms. The average Bonchev–Trinajstić information content (AvgIpc) is 2.79. The van der Waals surface area contributed by atoms with Gasteiger partial charge in [-0.05, 0) is 13.3 Å². The van der Waals surface area contributed by atoms with Crippen LogP contribution in [0.5, 0.6) is 0 Å². The van der Waals surface area contributed by atoms with Crippen LogP contribution in [0.1, 0.15) is 26.1 Å². The average molecular weight is 269 g/mol. The Balaban J connectivity index is 2.37. The van der Waals surface area contributed by atoms with Crippen LogP contribution < -0.4 is 10.6 Å². The zero-order valence-electron chi connectivity index (χ0n) is 11.3. The molecule has 0 radical (unpaired) electrons. The van der Waals surface area contributed by atoms with Crippen LogP contribution in [0.25, 0.3) is 0 Å². The number of aliphatic carboxylic acids is 1. The summed E-state index contributed by atoms with van der Waals surface area (Å²) in [5.41, 5.74) is -0.958. The van der Waals surface area contributed by atoms with E-state index >= 15 is 0 Å². The summed E-state index contributed by atoms with van der Waals surface area (Å²) >= 11 is 0. The molecule has 8 heteroatoms. The van der Waals surface area contributed by atoms with E-state index in [-0.39, 0.29) is 13.1 Å². The van der Waals surface area contributed by atoms with Crippen LogP contribution in [-0.4, -0.2) is 38.4 Å². The number of hydrogen-bond acceptors (Lipinski definition) is 4. The number of nitrogens with zero attached hydrogens (tertiary/aromatic N) is 3. The summed E-state index contributed by atoms with van der Waals surface area (Å²) in [6, 6.07) is -0.437. The Labute approximate surface area is 111 Å². The molecule has 2 amide bonds. The van der Waals surface area contributed by atoms with Crippen LogP contribution in [-0.2, 0) is 18.4 Å². The van der Waals surface area contributed by atoms with Crippen LogP contribution in [0, 0.1) is 5.41 Å². The van der Waals surface area contributed by atoms with Crippen molar-refractivity contribution in [2.75, 3.05) is 6.54 Å². The Kier molecular flexibility index (Phi) is 4.85. The van der Waals surface area contributed by atoms with Crippen molar-refractivity contribution in [3.8, 4) is 0 Å². The van der Waals surface area contributed by atoms with Crippen LogP contribution in [0.15, 0.2) is 6.33 Å². The Morgan fingerprint density at radius 3 is 2.63 bits per heavy atom. The molecule has 0 fully saturated rings. The topological polar surface area (TPSA) is 109 Å². The molecule has 0 aliphatic rings. The first-order valence-corrected chi connectivity index (χ1v) is 5.97. The molecule has 1 unspecified atom stereocenters. The smallest absolute Gasteiger partial charge is 0.315 e. The summed E-state index contributed by atoms with van der Waals surface area (Å²) in [4.78, 5) is 26.5. The van der Waals surface area contributed by atoms with Crippen LogP contribution in [0.4, 0.5) is 4.79 Å². The minimum atomic E-state index is -0.958. The van der Waals surface area contributed by atoms with Gasteiger partial charge in [0.1, 0.15) is 6.33 Å². The number of carbonyl (C=O) groups excluding carboxylic acids is 1. The molecule has 1 aromatic heterocycles. The summed E-state index contributed by atoms with van der Waals surface area (Å²) in [5.74, 6) is -0.434. The third-order valence-corrected chi connectivity index (χ3v) is 2.99. The number of hydrogen-bond donors (Lipinski definition) is 3. The highest BCUT2D eigenvalue weighted by atomic mass is 16.4. The maximum atomic E-state index is 11.5. The molecule has 1 heterocycles. The van der Waals surface area contributed by atoms with Crippen molar-refractivity contribution in [1.29, 1.82) is 0 Å². The molecule has 0 spiro atoms. The van der Waals surface area contributed by atoms with Gasteiger partial charge in [0.15, 0.2) is 5.82 Å². The van der Waals surface area contributed by atoms with Gasteiger partial charge in [-0.25, -0.2) is 9.78 Å². The second-order valence-corrected chi connectivity index (χ2v) is 4.59. The predicted octanol–water partition coefficient (Wildman–Crippen LogP) is 0.115. The van der Waals surface area contributed by atoms with Gasteiger partial charge < -0.3 is 15.7 Å². The molecule has 0 aromatic carbocycles. The summed E-state index contributed by atoms with van der Waals surface area (Å²) in [6.45, 7) is 3.63. The molecule has 8 nitrogen and oxygen atoms in total. The van der Waals surface area contributed by atoms with E-state index in [9.17, 15) is 9.59 Å². The molecule has 19 heavy (non-hydrogen) atoms. The van der Waals surface area contributed by atoms with Gasteiger partial charge in [-0.15, -0.1) is 0 Å². The highest BCUT2D eigenvalue weighted by molar-refractivity contribution is 5.77. The Morgan fingerprint density at radius 1 is 1.47 bits per heavy atom. The fraction of sp³-hybridized carbons (Fsp3) is 0.636. The number of aryl methyl sites for hydroxylation is 1. The number of nitrogens with one attached hydrogen (secondary N) is 2. The number of carboxylic acids is 1. The van der Waals surface area contributed by atoms with E-state index in [2.05, 4.69) is 20.7 Å². The molecule has 106 valence electrons. The lowest BCUT2D eigenvalue weighted by atomic mass is 9.88. The Hall–Kier alpha value is -2.12. The van der Waals surface area contributed by atoms with Crippen LogP contribution >= 0.6 is 0 Å². The fourth-order valence-electron chi connectivity index (χ4n) is 1.31. The van der Waals surface area contributed by atoms with Crippen molar-refractivity contribution in [3.05, 3.63) is 12.2 Å². The standard InChI is InChI=1S/C11H19N5O3/c1-4-11(2,9(17)18)6-13-10(19)12-5-8-14-7-16(3)15-8/h7H,4-6H2,1-3H3,(H,17,18)(H2,12,13,19). The van der Waals surface area contributed by atoms with E-state index in [0.717, 1.165) is 0 Å². The van der Waals surface area contributed by atoms with Crippen molar-refractivity contribution in [1.82, 2.24) is 25.4 Å². The van der Waals surface area contributed by atoms with Gasteiger partial charge in [0.2, 0.25) is 0 Å². The molecule has 1 aromatic rings. The van der Waals surface area contributed by atoms with E-state index in [4.69, 9.17) is 5.11 Å². The molecule has 1 atom stereocenters. The van der Waals surface area contributed by atoms with Crippen LogP contribution in [0.2, 0.25) is 0 Å². The fourth-order valence-corrected chi connectivity index (χ4v) is 1.31. The summed E-state index contributed by atoms with van der Waals surface area (Å²) in [5, 5.41) is 18.2. The molecule has 3 N–H and O–H groups in total. The lowest BCUT2D eigenvalue weighted by molar-refractivity contribution is -0.147. The maximum Gasteiger partial charge on any atom is 0.315 e. The lowest BCUT2D eigenvalue weighted by Gasteiger charge is -2.23. The normalized spacial score (nSPS) is 13.6. The molecule has 1 rings (SSSR count). The monoisotopic (exact) mass is 269 g/mol. The highest BCUT2D eigenvalue weighted by Crippen LogP contribution is 2.19. The molecule has 0 aliphatic carbocycles. The lowest BCUT2D eigenvalue weighted by Crippen LogP contribution is -2.44. The van der Waals surface area contributed by atoms with Crippen molar-refractivity contribution in [3.63, 3.8) is 0 Å². The second-order valence-electron chi connectivity index (χ2n) is 4.59. The minimum absolute atomic E-state index is 0.0698. The number of rotatable bonds is 6. The van der Waals surface area contributed by atoms with Crippen molar-refractivity contribution in [2.24, 2.45) is 12.5 Å². The van der Waals surface area contributed by atoms with Gasteiger partial charge in [0.05, 0.1) is 12.0 Å². The SMILES string of the molecule is CCC(C)(CNC(=O)NCc1ncn(C)n1)C(=O)O. The van der Waals surface area contributed by atoms with Gasteiger partial charge in [-0.3, -0.25) is 9.48 Å². The minimum Gasteiger partial charge on any atom is -0.481 e. The van der Waals surface area contributed by atoms with Gasteiger partial charge in [0.25, 0.3) is 0 Å². The number of aromatic nitrogens is 3. The van der Waals surface area contributed by atoms with Gasteiger partial charge in [0, 0.05) is 13.6 Å². The first-order chi connectivity index (χ1) is 8.87. The molecule has 0 saturated heterocycles. The first kappa shape index (κ1) is 14.9. The largest absolute Gasteiger partial charge is 0.481 e. The summed E-state index contributed by atoms with van der Waals surface area (Å²) < 4.78 is 1.54. The summed E-state index contributed by atoms with van der Waals surface area (Å²) in [7, 11) is 1.73. The number of carbonyl (C=O) groups is 2. The predicted molar refractivity (Wildman–Crippen MR) is 67.3 cm³/mol. The Bertz CT molecular complexity index is 459. The molecule has 0 saturated carbocycles. The van der Waals surface area contributed by atoms with Gasteiger partial charge in [-0.1, -0.05) is 6.92 Å². The first-order valence-electron chi connectivity index (χ1n) is 5.97. The zero-order chi connectivity index (χ0) is 14.5. The van der Waals surface area contributed by atoms with Crippen molar-refractivity contribution in [2.45, 2.75) is 26.8 Å².